The number of likely N-dealkylation sites (tertiary alicyclic amines) is 1. The number of aromatic nitrogens is 1. The molecular weight excluding hydrogens is 352 g/mol. The Morgan fingerprint density at radius 1 is 1.23 bits per heavy atom. The van der Waals surface area contributed by atoms with Gasteiger partial charge in [0.1, 0.15) is 10.8 Å². The maximum atomic E-state index is 12.3. The number of hydrogen-bond acceptors (Lipinski definition) is 6. The third-order valence-corrected chi connectivity index (χ3v) is 5.47. The minimum Gasteiger partial charge on any atom is -0.484 e. The van der Waals surface area contributed by atoms with Crippen molar-refractivity contribution in [3.8, 4) is 16.3 Å². The fraction of sp³-hybridized carbons (Fsp3) is 0.421. The minimum atomic E-state index is -0.191. The van der Waals surface area contributed by atoms with Crippen molar-refractivity contribution in [1.29, 1.82) is 0 Å². The Morgan fingerprint density at radius 3 is 2.50 bits per heavy atom. The number of benzene rings is 1. The van der Waals surface area contributed by atoms with E-state index in [-0.39, 0.29) is 24.4 Å². The third kappa shape index (κ3) is 4.40. The van der Waals surface area contributed by atoms with Gasteiger partial charge in [0.05, 0.1) is 13.0 Å². The molecule has 0 radical (unpaired) electrons. The highest BCUT2D eigenvalue weighted by atomic mass is 32.1. The maximum Gasteiger partial charge on any atom is 0.308 e. The number of esters is 1. The quantitative estimate of drug-likeness (QED) is 0.753. The van der Waals surface area contributed by atoms with Gasteiger partial charge < -0.3 is 14.4 Å². The molecule has 0 unspecified atom stereocenters. The average Bonchev–Trinajstić information content (AvgIpc) is 3.12. The molecule has 2 aromatic rings. The van der Waals surface area contributed by atoms with Gasteiger partial charge in [0.25, 0.3) is 5.91 Å². The summed E-state index contributed by atoms with van der Waals surface area (Å²) in [5.74, 6) is 0.295. The van der Waals surface area contributed by atoms with Gasteiger partial charge in [0.15, 0.2) is 6.61 Å². The summed E-state index contributed by atoms with van der Waals surface area (Å²) in [6, 6.07) is 7.59. The van der Waals surface area contributed by atoms with E-state index in [1.165, 1.54) is 7.11 Å². The van der Waals surface area contributed by atoms with E-state index < -0.39 is 0 Å². The lowest BCUT2D eigenvalue weighted by Gasteiger charge is -2.30. The van der Waals surface area contributed by atoms with Crippen LogP contribution >= 0.6 is 11.3 Å². The number of ether oxygens (including phenoxy) is 2. The molecule has 7 heteroatoms. The second kappa shape index (κ2) is 8.31. The molecule has 1 saturated heterocycles. The third-order valence-electron chi connectivity index (χ3n) is 4.46. The van der Waals surface area contributed by atoms with E-state index in [0.29, 0.717) is 31.7 Å². The van der Waals surface area contributed by atoms with Crippen LogP contribution in [-0.4, -0.2) is 48.6 Å². The molecule has 0 aliphatic carbocycles. The van der Waals surface area contributed by atoms with Crippen LogP contribution in [0.25, 0.3) is 10.6 Å². The summed E-state index contributed by atoms with van der Waals surface area (Å²) in [6.45, 7) is 3.09. The molecule has 3 rings (SSSR count). The van der Waals surface area contributed by atoms with Crippen LogP contribution in [0.1, 0.15) is 18.5 Å². The Hall–Kier alpha value is -2.41. The molecule has 1 amide bonds. The predicted octanol–water partition coefficient (Wildman–Crippen LogP) is 2.91. The SMILES string of the molecule is COC(=O)C1CCN(C(=O)COc2ccc(-c3nc(C)cs3)cc2)CC1. The number of hydrogen-bond donors (Lipinski definition) is 0. The zero-order valence-electron chi connectivity index (χ0n) is 14.9. The van der Waals surface area contributed by atoms with Gasteiger partial charge in [-0.3, -0.25) is 9.59 Å². The van der Waals surface area contributed by atoms with E-state index in [4.69, 9.17) is 9.47 Å². The normalized spacial score (nSPS) is 14.9. The highest BCUT2D eigenvalue weighted by Gasteiger charge is 2.27. The highest BCUT2D eigenvalue weighted by Crippen LogP contribution is 2.25. The summed E-state index contributed by atoms with van der Waals surface area (Å²) in [5, 5.41) is 2.99. The first-order valence-electron chi connectivity index (χ1n) is 8.58. The largest absolute Gasteiger partial charge is 0.484 e. The molecule has 1 aromatic heterocycles. The number of carbonyl (C=O) groups excluding carboxylic acids is 2. The lowest BCUT2D eigenvalue weighted by molar-refractivity contribution is -0.149. The number of piperidine rings is 1. The number of methoxy groups -OCH3 is 1. The molecular formula is C19H22N2O4S. The number of aryl methyl sites for hydroxylation is 1. The fourth-order valence-corrected chi connectivity index (χ4v) is 3.75. The molecule has 26 heavy (non-hydrogen) atoms. The van der Waals surface area contributed by atoms with Gasteiger partial charge >= 0.3 is 5.97 Å². The van der Waals surface area contributed by atoms with Crippen molar-refractivity contribution in [2.24, 2.45) is 5.92 Å². The first-order valence-corrected chi connectivity index (χ1v) is 9.45. The zero-order chi connectivity index (χ0) is 18.5. The summed E-state index contributed by atoms with van der Waals surface area (Å²) in [5.41, 5.74) is 2.04. The Morgan fingerprint density at radius 2 is 1.92 bits per heavy atom. The lowest BCUT2D eigenvalue weighted by atomic mass is 9.97. The van der Waals surface area contributed by atoms with Crippen molar-refractivity contribution in [1.82, 2.24) is 9.88 Å². The Labute approximate surface area is 156 Å². The topological polar surface area (TPSA) is 68.7 Å². The standard InChI is InChI=1S/C19H22N2O4S/c1-13-12-26-18(20-13)14-3-5-16(6-4-14)25-11-17(22)21-9-7-15(8-10-21)19(23)24-2/h3-6,12,15H,7-11H2,1-2H3. The molecule has 0 saturated carbocycles. The molecule has 138 valence electrons. The van der Waals surface area contributed by atoms with Crippen molar-refractivity contribution < 1.29 is 19.1 Å². The van der Waals surface area contributed by atoms with Crippen molar-refractivity contribution in [2.75, 3.05) is 26.8 Å². The van der Waals surface area contributed by atoms with Gasteiger partial charge in [0, 0.05) is 29.7 Å². The van der Waals surface area contributed by atoms with Gasteiger partial charge in [-0.2, -0.15) is 0 Å². The van der Waals surface area contributed by atoms with Gasteiger partial charge in [-0.1, -0.05) is 0 Å². The van der Waals surface area contributed by atoms with Crippen LogP contribution in [0, 0.1) is 12.8 Å². The summed E-state index contributed by atoms with van der Waals surface area (Å²) in [4.78, 5) is 30.0. The fourth-order valence-electron chi connectivity index (χ4n) is 2.95. The first-order chi connectivity index (χ1) is 12.6. The van der Waals surface area contributed by atoms with Crippen LogP contribution < -0.4 is 4.74 Å². The predicted molar refractivity (Wildman–Crippen MR) is 99.1 cm³/mol. The summed E-state index contributed by atoms with van der Waals surface area (Å²) in [7, 11) is 1.40. The molecule has 0 bridgehead atoms. The monoisotopic (exact) mass is 374 g/mol. The van der Waals surface area contributed by atoms with Gasteiger partial charge in [0.2, 0.25) is 0 Å². The number of rotatable bonds is 5. The van der Waals surface area contributed by atoms with E-state index in [2.05, 4.69) is 4.98 Å². The van der Waals surface area contributed by atoms with E-state index in [1.807, 2.05) is 36.6 Å². The highest BCUT2D eigenvalue weighted by molar-refractivity contribution is 7.13. The molecule has 6 nitrogen and oxygen atoms in total. The Bertz CT molecular complexity index is 764. The molecule has 1 aromatic carbocycles. The second-order valence-corrected chi connectivity index (χ2v) is 7.14. The summed E-state index contributed by atoms with van der Waals surface area (Å²) >= 11 is 1.60. The Balaban J connectivity index is 1.48. The second-order valence-electron chi connectivity index (χ2n) is 6.29. The van der Waals surface area contributed by atoms with Crippen molar-refractivity contribution in [3.63, 3.8) is 0 Å². The zero-order valence-corrected chi connectivity index (χ0v) is 15.8. The minimum absolute atomic E-state index is 0.00139. The van der Waals surface area contributed by atoms with E-state index in [0.717, 1.165) is 16.3 Å². The Kier molecular flexibility index (Phi) is 5.88. The van der Waals surface area contributed by atoms with Gasteiger partial charge in [-0.15, -0.1) is 11.3 Å². The number of thiazole rings is 1. The first kappa shape index (κ1) is 18.4. The van der Waals surface area contributed by atoms with Crippen LogP contribution in [0.3, 0.4) is 0 Å². The molecule has 1 fully saturated rings. The van der Waals surface area contributed by atoms with Crippen LogP contribution in [0.5, 0.6) is 5.75 Å². The van der Waals surface area contributed by atoms with E-state index >= 15 is 0 Å². The van der Waals surface area contributed by atoms with Crippen LogP contribution in [0.15, 0.2) is 29.6 Å². The number of carbonyl (C=O) groups is 2. The smallest absolute Gasteiger partial charge is 0.308 e. The summed E-state index contributed by atoms with van der Waals surface area (Å²) in [6.07, 6.45) is 1.28. The number of amides is 1. The molecule has 1 aliphatic rings. The van der Waals surface area contributed by atoms with Crippen LogP contribution in [0.4, 0.5) is 0 Å². The molecule has 2 heterocycles. The van der Waals surface area contributed by atoms with Crippen molar-refractivity contribution >= 4 is 23.2 Å². The van der Waals surface area contributed by atoms with Crippen molar-refractivity contribution in [2.45, 2.75) is 19.8 Å². The van der Waals surface area contributed by atoms with Crippen LogP contribution in [-0.2, 0) is 14.3 Å². The van der Waals surface area contributed by atoms with E-state index in [1.54, 1.807) is 16.2 Å². The number of nitrogens with zero attached hydrogens (tertiary/aromatic N) is 2. The van der Waals surface area contributed by atoms with Crippen LogP contribution in [0.2, 0.25) is 0 Å². The molecule has 0 N–H and O–H groups in total. The molecule has 1 aliphatic heterocycles. The molecule has 0 spiro atoms. The average molecular weight is 374 g/mol. The maximum absolute atomic E-state index is 12.3. The summed E-state index contributed by atoms with van der Waals surface area (Å²) < 4.78 is 10.4. The lowest BCUT2D eigenvalue weighted by Crippen LogP contribution is -2.42. The van der Waals surface area contributed by atoms with E-state index in [9.17, 15) is 9.59 Å². The van der Waals surface area contributed by atoms with Gasteiger partial charge in [-0.25, -0.2) is 4.98 Å². The van der Waals surface area contributed by atoms with Crippen molar-refractivity contribution in [3.05, 3.63) is 35.3 Å². The molecule has 0 atom stereocenters. The van der Waals surface area contributed by atoms with Gasteiger partial charge in [-0.05, 0) is 44.0 Å².